The minimum absolute atomic E-state index is 0.136. The van der Waals surface area contributed by atoms with Crippen LogP contribution in [-0.4, -0.2) is 20.2 Å². The molecule has 4 saturated carbocycles. The van der Waals surface area contributed by atoms with Crippen molar-refractivity contribution >= 4 is 17.3 Å². The van der Waals surface area contributed by atoms with Crippen LogP contribution in [-0.2, 0) is 16.8 Å². The Labute approximate surface area is 176 Å². The van der Waals surface area contributed by atoms with Crippen LogP contribution in [0.4, 0.5) is 0 Å². The van der Waals surface area contributed by atoms with E-state index in [-0.39, 0.29) is 11.4 Å². The lowest BCUT2D eigenvalue weighted by Gasteiger charge is -2.57. The Morgan fingerprint density at radius 2 is 1.59 bits per heavy atom. The molecule has 4 bridgehead atoms. The Kier molecular flexibility index (Phi) is 4.81. The third-order valence-corrected chi connectivity index (χ3v) is 8.23. The molecule has 2 aromatic rings. The maximum absolute atomic E-state index is 12.6. The largest absolute Gasteiger partial charge is 0.497 e. The summed E-state index contributed by atoms with van der Waals surface area (Å²) in [6, 6.07) is 7.67. The quantitative estimate of drug-likeness (QED) is 0.580. The molecule has 0 spiro atoms. The average molecular weight is 413 g/mol. The normalized spacial score (nSPS) is 29.7. The van der Waals surface area contributed by atoms with E-state index in [0.717, 1.165) is 34.8 Å². The fraction of sp³-hybridized carbons (Fsp3) is 0.542. The standard InChI is InChI=1S/C24H28O4S/c1-26-18-3-5-19(6-4-18)28-13-21-22(20(14-29-21)23(25)27-2)24-10-15-7-16(11-24)9-17(8-15)12-24/h3-6,14-17H,7-13H2,1-2H3. The number of esters is 1. The molecule has 154 valence electrons. The van der Waals surface area contributed by atoms with Gasteiger partial charge in [-0.25, -0.2) is 4.79 Å². The van der Waals surface area contributed by atoms with Gasteiger partial charge in [0.05, 0.1) is 19.8 Å². The van der Waals surface area contributed by atoms with Gasteiger partial charge in [0.15, 0.2) is 0 Å². The first-order valence-corrected chi connectivity index (χ1v) is 11.4. The number of carbonyl (C=O) groups excluding carboxylic acids is 1. The Morgan fingerprint density at radius 3 is 2.14 bits per heavy atom. The molecule has 0 amide bonds. The summed E-state index contributed by atoms with van der Waals surface area (Å²) >= 11 is 1.65. The lowest BCUT2D eigenvalue weighted by Crippen LogP contribution is -2.49. The molecular formula is C24H28O4S. The first-order chi connectivity index (χ1) is 14.1. The zero-order valence-corrected chi connectivity index (χ0v) is 17.9. The van der Waals surface area contributed by atoms with Gasteiger partial charge in [-0.15, -0.1) is 11.3 Å². The van der Waals surface area contributed by atoms with Crippen LogP contribution in [0.15, 0.2) is 29.6 Å². The topological polar surface area (TPSA) is 44.8 Å². The zero-order chi connectivity index (χ0) is 20.0. The van der Waals surface area contributed by atoms with Gasteiger partial charge in [-0.2, -0.15) is 0 Å². The molecule has 0 atom stereocenters. The van der Waals surface area contributed by atoms with Crippen molar-refractivity contribution in [2.75, 3.05) is 14.2 Å². The van der Waals surface area contributed by atoms with Crippen LogP contribution in [0.5, 0.6) is 11.5 Å². The van der Waals surface area contributed by atoms with Crippen molar-refractivity contribution in [1.29, 1.82) is 0 Å². The molecule has 0 unspecified atom stereocenters. The Balaban J connectivity index is 1.46. The second-order valence-corrected chi connectivity index (χ2v) is 10.1. The monoisotopic (exact) mass is 412 g/mol. The SMILES string of the molecule is COC(=O)c1csc(COc2ccc(OC)cc2)c1C12CC3CC(CC(C3)C1)C2. The molecule has 4 aliphatic carbocycles. The molecule has 1 heterocycles. The highest BCUT2D eigenvalue weighted by atomic mass is 32.1. The van der Waals surface area contributed by atoms with E-state index in [0.29, 0.717) is 6.61 Å². The summed E-state index contributed by atoms with van der Waals surface area (Å²) < 4.78 is 16.5. The zero-order valence-electron chi connectivity index (χ0n) is 17.1. The summed E-state index contributed by atoms with van der Waals surface area (Å²) in [6.45, 7) is 0.491. The Bertz CT molecular complexity index is 863. The first-order valence-electron chi connectivity index (χ1n) is 10.6. The number of benzene rings is 1. The smallest absolute Gasteiger partial charge is 0.339 e. The number of thiophene rings is 1. The molecule has 4 aliphatic rings. The molecule has 1 aromatic heterocycles. The van der Waals surface area contributed by atoms with E-state index in [1.54, 1.807) is 18.4 Å². The minimum atomic E-state index is -0.206. The van der Waals surface area contributed by atoms with Gasteiger partial charge >= 0.3 is 5.97 Å². The number of ether oxygens (including phenoxy) is 3. The molecule has 5 heteroatoms. The second kappa shape index (κ2) is 7.35. The van der Waals surface area contributed by atoms with Gasteiger partial charge in [0.1, 0.15) is 18.1 Å². The Hall–Kier alpha value is -2.01. The van der Waals surface area contributed by atoms with Crippen LogP contribution in [0.3, 0.4) is 0 Å². The van der Waals surface area contributed by atoms with Gasteiger partial charge in [0, 0.05) is 10.3 Å². The van der Waals surface area contributed by atoms with E-state index < -0.39 is 0 Å². The highest BCUT2D eigenvalue weighted by molar-refractivity contribution is 7.10. The van der Waals surface area contributed by atoms with Gasteiger partial charge in [-0.05, 0) is 91.5 Å². The second-order valence-electron chi connectivity index (χ2n) is 9.10. The number of rotatable bonds is 6. The molecule has 4 fully saturated rings. The highest BCUT2D eigenvalue weighted by Crippen LogP contribution is 2.62. The molecule has 0 aliphatic heterocycles. The lowest BCUT2D eigenvalue weighted by molar-refractivity contribution is -0.00639. The summed E-state index contributed by atoms with van der Waals surface area (Å²) in [4.78, 5) is 13.8. The van der Waals surface area contributed by atoms with Crippen LogP contribution < -0.4 is 9.47 Å². The van der Waals surface area contributed by atoms with Crippen LogP contribution in [0, 0.1) is 17.8 Å². The Morgan fingerprint density at radius 1 is 1.00 bits per heavy atom. The van der Waals surface area contributed by atoms with Crippen molar-refractivity contribution in [1.82, 2.24) is 0 Å². The summed E-state index contributed by atoms with van der Waals surface area (Å²) in [5.74, 6) is 3.89. The van der Waals surface area contributed by atoms with Crippen molar-refractivity contribution in [2.45, 2.75) is 50.5 Å². The van der Waals surface area contributed by atoms with Crippen molar-refractivity contribution in [3.8, 4) is 11.5 Å². The summed E-state index contributed by atoms with van der Waals surface area (Å²) in [7, 11) is 3.14. The predicted molar refractivity (Wildman–Crippen MR) is 113 cm³/mol. The van der Waals surface area contributed by atoms with Crippen LogP contribution in [0.2, 0.25) is 0 Å². The molecular weight excluding hydrogens is 384 g/mol. The van der Waals surface area contributed by atoms with Crippen LogP contribution in [0.25, 0.3) is 0 Å². The molecule has 1 aromatic carbocycles. The summed E-state index contributed by atoms with van der Waals surface area (Å²) in [5, 5.41) is 1.99. The van der Waals surface area contributed by atoms with Gasteiger partial charge < -0.3 is 14.2 Å². The van der Waals surface area contributed by atoms with E-state index in [1.165, 1.54) is 56.1 Å². The molecule has 6 rings (SSSR count). The number of hydrogen-bond donors (Lipinski definition) is 0. The van der Waals surface area contributed by atoms with E-state index in [4.69, 9.17) is 14.2 Å². The van der Waals surface area contributed by atoms with E-state index in [2.05, 4.69) is 0 Å². The van der Waals surface area contributed by atoms with Gasteiger partial charge in [0.2, 0.25) is 0 Å². The number of methoxy groups -OCH3 is 2. The summed E-state index contributed by atoms with van der Waals surface area (Å²) in [6.07, 6.45) is 7.80. The van der Waals surface area contributed by atoms with Gasteiger partial charge in [-0.1, -0.05) is 0 Å². The maximum atomic E-state index is 12.6. The summed E-state index contributed by atoms with van der Waals surface area (Å²) in [5.41, 5.74) is 2.14. The lowest BCUT2D eigenvalue weighted by atomic mass is 9.47. The van der Waals surface area contributed by atoms with Gasteiger partial charge in [0.25, 0.3) is 0 Å². The fourth-order valence-electron chi connectivity index (χ4n) is 6.58. The number of carbonyl (C=O) groups is 1. The molecule has 4 nitrogen and oxygen atoms in total. The third kappa shape index (κ3) is 3.33. The van der Waals surface area contributed by atoms with Crippen molar-refractivity contribution < 1.29 is 19.0 Å². The van der Waals surface area contributed by atoms with Crippen molar-refractivity contribution in [3.63, 3.8) is 0 Å². The molecule has 0 radical (unpaired) electrons. The average Bonchev–Trinajstić information content (AvgIpc) is 3.16. The van der Waals surface area contributed by atoms with E-state index in [1.807, 2.05) is 29.6 Å². The molecule has 29 heavy (non-hydrogen) atoms. The minimum Gasteiger partial charge on any atom is -0.497 e. The maximum Gasteiger partial charge on any atom is 0.339 e. The third-order valence-electron chi connectivity index (χ3n) is 7.27. The predicted octanol–water partition coefficient (Wildman–Crippen LogP) is 5.59. The number of hydrogen-bond acceptors (Lipinski definition) is 5. The molecule has 0 N–H and O–H groups in total. The van der Waals surface area contributed by atoms with Crippen LogP contribution in [0.1, 0.15) is 59.3 Å². The molecule has 0 saturated heterocycles. The highest BCUT2D eigenvalue weighted by Gasteiger charge is 2.53. The van der Waals surface area contributed by atoms with E-state index in [9.17, 15) is 4.79 Å². The van der Waals surface area contributed by atoms with Gasteiger partial charge in [-0.3, -0.25) is 0 Å². The first kappa shape index (κ1) is 19.0. The van der Waals surface area contributed by atoms with Crippen molar-refractivity contribution in [2.24, 2.45) is 17.8 Å². The fourth-order valence-corrected chi connectivity index (χ4v) is 7.63. The van der Waals surface area contributed by atoms with E-state index >= 15 is 0 Å². The van der Waals surface area contributed by atoms with Crippen LogP contribution >= 0.6 is 11.3 Å². The van der Waals surface area contributed by atoms with Crippen molar-refractivity contribution in [3.05, 3.63) is 45.6 Å².